The van der Waals surface area contributed by atoms with Crippen LogP contribution in [0.15, 0.2) is 30.6 Å². The number of nitrogens with one attached hydrogen (secondary N) is 2. The number of aromatic nitrogens is 2. The first-order valence-electron chi connectivity index (χ1n) is 7.58. The van der Waals surface area contributed by atoms with E-state index < -0.39 is 5.60 Å². The van der Waals surface area contributed by atoms with Gasteiger partial charge in [0.15, 0.2) is 0 Å². The van der Waals surface area contributed by atoms with Crippen molar-refractivity contribution in [2.45, 2.75) is 26.4 Å². The Balaban J connectivity index is 1.88. The predicted octanol–water partition coefficient (Wildman–Crippen LogP) is 1.47. The Bertz CT molecular complexity index is 671. The lowest BCUT2D eigenvalue weighted by molar-refractivity contribution is -0.120. The average Bonchev–Trinajstić information content (AvgIpc) is 2.92. The third-order valence-corrected chi connectivity index (χ3v) is 3.86. The molecule has 6 heteroatoms. The van der Waals surface area contributed by atoms with Gasteiger partial charge in [0.1, 0.15) is 5.60 Å². The van der Waals surface area contributed by atoms with Gasteiger partial charge >= 0.3 is 0 Å². The van der Waals surface area contributed by atoms with Crippen LogP contribution in [0.5, 0.6) is 0 Å². The summed E-state index contributed by atoms with van der Waals surface area (Å²) in [7, 11) is 1.78. The van der Waals surface area contributed by atoms with Gasteiger partial charge in [0, 0.05) is 24.5 Å². The van der Waals surface area contributed by atoms with Crippen LogP contribution in [-0.4, -0.2) is 33.9 Å². The van der Waals surface area contributed by atoms with Crippen LogP contribution in [0.25, 0.3) is 0 Å². The second-order valence-electron chi connectivity index (χ2n) is 6.07. The van der Waals surface area contributed by atoms with E-state index in [0.717, 1.165) is 16.8 Å². The Hall–Kier alpha value is -2.34. The third-order valence-electron chi connectivity index (χ3n) is 3.86. The average molecular weight is 316 g/mol. The van der Waals surface area contributed by atoms with Crippen molar-refractivity contribution in [3.8, 4) is 0 Å². The minimum Gasteiger partial charge on any atom is -0.383 e. The van der Waals surface area contributed by atoms with Crippen molar-refractivity contribution >= 4 is 11.6 Å². The SMILES string of the molecule is Cc1cccc(C)c1NCC(=O)NC[C@@](C)(O)c1cnn(C)c1. The Morgan fingerprint density at radius 3 is 2.57 bits per heavy atom. The minimum atomic E-state index is -1.15. The first-order valence-corrected chi connectivity index (χ1v) is 7.58. The molecule has 2 rings (SSSR count). The zero-order valence-electron chi connectivity index (χ0n) is 14.1. The Kier molecular flexibility index (Phi) is 5.05. The summed E-state index contributed by atoms with van der Waals surface area (Å²) < 4.78 is 1.62. The van der Waals surface area contributed by atoms with Gasteiger partial charge in [-0.15, -0.1) is 0 Å². The molecular weight excluding hydrogens is 292 g/mol. The number of hydrogen-bond donors (Lipinski definition) is 3. The van der Waals surface area contributed by atoms with Crippen LogP contribution in [-0.2, 0) is 17.4 Å². The molecule has 1 heterocycles. The Morgan fingerprint density at radius 1 is 1.35 bits per heavy atom. The van der Waals surface area contributed by atoms with E-state index >= 15 is 0 Å². The molecule has 1 aromatic carbocycles. The van der Waals surface area contributed by atoms with Crippen molar-refractivity contribution < 1.29 is 9.90 Å². The molecule has 3 N–H and O–H groups in total. The molecular formula is C17H24N4O2. The number of carbonyl (C=O) groups is 1. The predicted molar refractivity (Wildman–Crippen MR) is 90.2 cm³/mol. The molecule has 0 radical (unpaired) electrons. The lowest BCUT2D eigenvalue weighted by Crippen LogP contribution is -2.40. The number of rotatable bonds is 6. The van der Waals surface area contributed by atoms with Crippen molar-refractivity contribution in [2.75, 3.05) is 18.4 Å². The summed E-state index contributed by atoms with van der Waals surface area (Å²) in [5.74, 6) is -0.170. The molecule has 0 saturated heterocycles. The maximum atomic E-state index is 12.0. The van der Waals surface area contributed by atoms with Crippen molar-refractivity contribution in [1.29, 1.82) is 0 Å². The van der Waals surface area contributed by atoms with E-state index in [0.29, 0.717) is 5.56 Å². The number of benzene rings is 1. The standard InChI is InChI=1S/C17H24N4O2/c1-12-6-5-7-13(2)16(12)18-9-15(22)19-11-17(3,23)14-8-20-21(4)10-14/h5-8,10,18,23H,9,11H2,1-4H3,(H,19,22)/t17-/m1/s1. The Morgan fingerprint density at radius 2 is 2.00 bits per heavy atom. The molecule has 2 aromatic rings. The summed E-state index contributed by atoms with van der Waals surface area (Å²) in [5, 5.41) is 20.4. The number of nitrogens with zero attached hydrogens (tertiary/aromatic N) is 2. The summed E-state index contributed by atoms with van der Waals surface area (Å²) in [6.07, 6.45) is 3.34. The Labute approximate surface area is 136 Å². The number of aryl methyl sites for hydroxylation is 3. The fourth-order valence-corrected chi connectivity index (χ4v) is 2.40. The highest BCUT2D eigenvalue weighted by atomic mass is 16.3. The second-order valence-corrected chi connectivity index (χ2v) is 6.07. The molecule has 1 aromatic heterocycles. The van der Waals surface area contributed by atoms with Gasteiger partial charge in [0.2, 0.25) is 5.91 Å². The van der Waals surface area contributed by atoms with Crippen LogP contribution in [0.3, 0.4) is 0 Å². The highest BCUT2D eigenvalue weighted by Crippen LogP contribution is 2.19. The molecule has 0 unspecified atom stereocenters. The minimum absolute atomic E-state index is 0.131. The molecule has 23 heavy (non-hydrogen) atoms. The molecule has 124 valence electrons. The lowest BCUT2D eigenvalue weighted by atomic mass is 10.00. The van der Waals surface area contributed by atoms with Crippen LogP contribution in [0.2, 0.25) is 0 Å². The van der Waals surface area contributed by atoms with Crippen LogP contribution < -0.4 is 10.6 Å². The maximum absolute atomic E-state index is 12.0. The molecule has 1 amide bonds. The van der Waals surface area contributed by atoms with Gasteiger partial charge in [-0.1, -0.05) is 18.2 Å². The first-order chi connectivity index (χ1) is 10.8. The topological polar surface area (TPSA) is 79.2 Å². The largest absolute Gasteiger partial charge is 0.383 e. The van der Waals surface area contributed by atoms with Crippen molar-refractivity contribution in [3.05, 3.63) is 47.3 Å². The monoisotopic (exact) mass is 316 g/mol. The summed E-state index contributed by atoms with van der Waals surface area (Å²) in [4.78, 5) is 12.0. The fourth-order valence-electron chi connectivity index (χ4n) is 2.40. The molecule has 0 spiro atoms. The molecule has 6 nitrogen and oxygen atoms in total. The van der Waals surface area contributed by atoms with Crippen LogP contribution in [0.4, 0.5) is 5.69 Å². The molecule has 0 aliphatic heterocycles. The molecule has 0 aliphatic rings. The van der Waals surface area contributed by atoms with E-state index in [1.807, 2.05) is 32.0 Å². The van der Waals surface area contributed by atoms with E-state index in [-0.39, 0.29) is 19.0 Å². The molecule has 0 aliphatic carbocycles. The van der Waals surface area contributed by atoms with E-state index in [4.69, 9.17) is 0 Å². The lowest BCUT2D eigenvalue weighted by Gasteiger charge is -2.22. The quantitative estimate of drug-likeness (QED) is 0.754. The molecule has 1 atom stereocenters. The summed E-state index contributed by atoms with van der Waals surface area (Å²) in [5.41, 5.74) is 2.69. The first kappa shape index (κ1) is 17.0. The number of para-hydroxylation sites is 1. The van der Waals surface area contributed by atoms with E-state index in [1.165, 1.54) is 0 Å². The third kappa shape index (κ3) is 4.32. The highest BCUT2D eigenvalue weighted by Gasteiger charge is 2.25. The van der Waals surface area contributed by atoms with Crippen molar-refractivity contribution in [1.82, 2.24) is 15.1 Å². The van der Waals surface area contributed by atoms with E-state index in [2.05, 4.69) is 15.7 Å². The number of aliphatic hydroxyl groups is 1. The van der Waals surface area contributed by atoms with E-state index in [1.54, 1.807) is 31.0 Å². The number of amides is 1. The second kappa shape index (κ2) is 6.83. The molecule has 0 saturated carbocycles. The summed E-state index contributed by atoms with van der Waals surface area (Å²) in [6, 6.07) is 5.99. The normalized spacial score (nSPS) is 13.4. The van der Waals surface area contributed by atoms with Gasteiger partial charge in [-0.2, -0.15) is 5.10 Å². The fraction of sp³-hybridized carbons (Fsp3) is 0.412. The van der Waals surface area contributed by atoms with Gasteiger partial charge in [-0.05, 0) is 31.9 Å². The zero-order chi connectivity index (χ0) is 17.0. The van der Waals surface area contributed by atoms with Gasteiger partial charge in [-0.25, -0.2) is 0 Å². The summed E-state index contributed by atoms with van der Waals surface area (Å²) >= 11 is 0. The zero-order valence-corrected chi connectivity index (χ0v) is 14.1. The smallest absolute Gasteiger partial charge is 0.239 e. The van der Waals surface area contributed by atoms with Crippen LogP contribution in [0.1, 0.15) is 23.6 Å². The van der Waals surface area contributed by atoms with Crippen LogP contribution in [0, 0.1) is 13.8 Å². The molecule has 0 bridgehead atoms. The van der Waals surface area contributed by atoms with Crippen molar-refractivity contribution in [2.24, 2.45) is 7.05 Å². The number of hydrogen-bond acceptors (Lipinski definition) is 4. The number of carbonyl (C=O) groups excluding carboxylic acids is 1. The maximum Gasteiger partial charge on any atom is 0.239 e. The number of anilines is 1. The highest BCUT2D eigenvalue weighted by molar-refractivity contribution is 5.81. The molecule has 0 fully saturated rings. The van der Waals surface area contributed by atoms with Crippen LogP contribution >= 0.6 is 0 Å². The summed E-state index contributed by atoms with van der Waals surface area (Å²) in [6.45, 7) is 5.95. The van der Waals surface area contributed by atoms with Gasteiger partial charge in [-0.3, -0.25) is 9.48 Å². The van der Waals surface area contributed by atoms with Gasteiger partial charge in [0.25, 0.3) is 0 Å². The van der Waals surface area contributed by atoms with E-state index in [9.17, 15) is 9.90 Å². The van der Waals surface area contributed by atoms with Gasteiger partial charge in [0.05, 0.1) is 19.3 Å². The van der Waals surface area contributed by atoms with Crippen molar-refractivity contribution in [3.63, 3.8) is 0 Å². The van der Waals surface area contributed by atoms with Gasteiger partial charge < -0.3 is 15.7 Å².